The Morgan fingerprint density at radius 2 is 1.94 bits per heavy atom. The van der Waals surface area contributed by atoms with Gasteiger partial charge in [-0.05, 0) is 28.1 Å². The maximum absolute atomic E-state index is 5.41. The molecule has 0 atom stereocenters. The lowest BCUT2D eigenvalue weighted by Crippen LogP contribution is -1.94. The summed E-state index contributed by atoms with van der Waals surface area (Å²) in [4.78, 5) is 0. The van der Waals surface area contributed by atoms with Gasteiger partial charge in [0.05, 0.1) is 18.7 Å². The molecule has 5 heteroatoms. The molecule has 0 N–H and O–H groups in total. The summed E-state index contributed by atoms with van der Waals surface area (Å²) in [5.41, 5.74) is 1.59. The van der Waals surface area contributed by atoms with E-state index in [0.717, 1.165) is 27.9 Å². The smallest absolute Gasteiger partial charge is 0.175 e. The molecule has 18 heavy (non-hydrogen) atoms. The van der Waals surface area contributed by atoms with Gasteiger partial charge in [0.2, 0.25) is 0 Å². The standard InChI is InChI=1S/C13H14BrNO3/c1-4-8-7-11(15-18-8)9-5-6-10(14)13(17-3)12(9)16-2/h5-7H,4H2,1-3H3. The molecule has 0 fully saturated rings. The lowest BCUT2D eigenvalue weighted by atomic mass is 10.1. The Kier molecular flexibility index (Phi) is 3.91. The number of aryl methyl sites for hydroxylation is 1. The predicted octanol–water partition coefficient (Wildman–Crippen LogP) is 3.68. The molecule has 0 saturated carbocycles. The van der Waals surface area contributed by atoms with E-state index in [1.54, 1.807) is 14.2 Å². The van der Waals surface area contributed by atoms with Gasteiger partial charge in [0, 0.05) is 18.1 Å². The zero-order valence-corrected chi connectivity index (χ0v) is 12.1. The molecule has 0 aliphatic heterocycles. The number of hydrogen-bond donors (Lipinski definition) is 0. The number of methoxy groups -OCH3 is 2. The predicted molar refractivity (Wildman–Crippen MR) is 72.1 cm³/mol. The van der Waals surface area contributed by atoms with Crippen LogP contribution in [0.3, 0.4) is 0 Å². The van der Waals surface area contributed by atoms with Crippen molar-refractivity contribution < 1.29 is 14.0 Å². The SMILES string of the molecule is CCc1cc(-c2ccc(Br)c(OC)c2OC)no1. The van der Waals surface area contributed by atoms with Gasteiger partial charge in [0.1, 0.15) is 11.5 Å². The first kappa shape index (κ1) is 13.0. The van der Waals surface area contributed by atoms with Crippen molar-refractivity contribution in [2.45, 2.75) is 13.3 Å². The van der Waals surface area contributed by atoms with Crippen LogP contribution in [-0.2, 0) is 6.42 Å². The summed E-state index contributed by atoms with van der Waals surface area (Å²) in [5.74, 6) is 2.13. The van der Waals surface area contributed by atoms with Gasteiger partial charge in [-0.15, -0.1) is 0 Å². The van der Waals surface area contributed by atoms with Gasteiger partial charge < -0.3 is 14.0 Å². The van der Waals surface area contributed by atoms with Crippen molar-refractivity contribution in [1.29, 1.82) is 0 Å². The zero-order chi connectivity index (χ0) is 13.1. The third kappa shape index (κ3) is 2.22. The Morgan fingerprint density at radius 3 is 2.50 bits per heavy atom. The van der Waals surface area contributed by atoms with E-state index < -0.39 is 0 Å². The van der Waals surface area contributed by atoms with Gasteiger partial charge in [-0.2, -0.15) is 0 Å². The van der Waals surface area contributed by atoms with Gasteiger partial charge in [-0.25, -0.2) is 0 Å². The number of nitrogens with zero attached hydrogens (tertiary/aromatic N) is 1. The Morgan fingerprint density at radius 1 is 1.22 bits per heavy atom. The Bertz CT molecular complexity index is 551. The van der Waals surface area contributed by atoms with Gasteiger partial charge in [0.15, 0.2) is 11.5 Å². The first-order chi connectivity index (χ1) is 8.71. The van der Waals surface area contributed by atoms with Crippen LogP contribution in [0.5, 0.6) is 11.5 Å². The Balaban J connectivity index is 2.56. The van der Waals surface area contributed by atoms with E-state index in [1.165, 1.54) is 0 Å². The topological polar surface area (TPSA) is 44.5 Å². The summed E-state index contributed by atoms with van der Waals surface area (Å²) in [7, 11) is 3.21. The van der Waals surface area contributed by atoms with Crippen LogP contribution >= 0.6 is 15.9 Å². The first-order valence-electron chi connectivity index (χ1n) is 5.57. The van der Waals surface area contributed by atoms with Crippen LogP contribution in [-0.4, -0.2) is 19.4 Å². The molecule has 0 aliphatic rings. The molecule has 1 heterocycles. The molecular weight excluding hydrogens is 298 g/mol. The van der Waals surface area contributed by atoms with E-state index in [-0.39, 0.29) is 0 Å². The van der Waals surface area contributed by atoms with Crippen LogP contribution in [0.4, 0.5) is 0 Å². The molecule has 0 aliphatic carbocycles. The minimum absolute atomic E-state index is 0.642. The van der Waals surface area contributed by atoms with Gasteiger partial charge in [0.25, 0.3) is 0 Å². The van der Waals surface area contributed by atoms with Crippen LogP contribution in [0.25, 0.3) is 11.3 Å². The van der Waals surface area contributed by atoms with Crippen LogP contribution in [0.2, 0.25) is 0 Å². The second-order valence-electron chi connectivity index (χ2n) is 3.69. The van der Waals surface area contributed by atoms with E-state index in [2.05, 4.69) is 21.1 Å². The molecule has 1 aromatic carbocycles. The van der Waals surface area contributed by atoms with Crippen LogP contribution in [0.15, 0.2) is 27.2 Å². The summed E-state index contributed by atoms with van der Waals surface area (Å²) in [6.07, 6.45) is 0.809. The van der Waals surface area contributed by atoms with Crippen molar-refractivity contribution in [2.75, 3.05) is 14.2 Å². The molecule has 0 bridgehead atoms. The highest BCUT2D eigenvalue weighted by molar-refractivity contribution is 9.10. The fraction of sp³-hybridized carbons (Fsp3) is 0.308. The molecule has 2 rings (SSSR count). The summed E-state index contributed by atoms with van der Waals surface area (Å²) >= 11 is 3.42. The molecule has 2 aromatic rings. The fourth-order valence-electron chi connectivity index (χ4n) is 1.74. The summed E-state index contributed by atoms with van der Waals surface area (Å²) in [6, 6.07) is 5.73. The van der Waals surface area contributed by atoms with E-state index >= 15 is 0 Å². The number of rotatable bonds is 4. The monoisotopic (exact) mass is 311 g/mol. The second-order valence-corrected chi connectivity index (χ2v) is 4.55. The highest BCUT2D eigenvalue weighted by Crippen LogP contribution is 2.42. The third-order valence-corrected chi connectivity index (χ3v) is 3.28. The van der Waals surface area contributed by atoms with E-state index in [4.69, 9.17) is 14.0 Å². The number of halogens is 1. The van der Waals surface area contributed by atoms with Crippen molar-refractivity contribution in [3.63, 3.8) is 0 Å². The number of aromatic nitrogens is 1. The van der Waals surface area contributed by atoms with Gasteiger partial charge >= 0.3 is 0 Å². The summed E-state index contributed by atoms with van der Waals surface area (Å²) in [5, 5.41) is 4.05. The van der Waals surface area contributed by atoms with E-state index in [9.17, 15) is 0 Å². The molecule has 0 unspecified atom stereocenters. The van der Waals surface area contributed by atoms with Crippen molar-refractivity contribution in [3.05, 3.63) is 28.4 Å². The largest absolute Gasteiger partial charge is 0.492 e. The first-order valence-corrected chi connectivity index (χ1v) is 6.37. The van der Waals surface area contributed by atoms with E-state index in [0.29, 0.717) is 11.5 Å². The van der Waals surface area contributed by atoms with Crippen molar-refractivity contribution >= 4 is 15.9 Å². The quantitative estimate of drug-likeness (QED) is 0.864. The Labute approximate surface area is 114 Å². The lowest BCUT2D eigenvalue weighted by molar-refractivity contribution is 0.353. The highest BCUT2D eigenvalue weighted by atomic mass is 79.9. The lowest BCUT2D eigenvalue weighted by Gasteiger charge is -2.12. The average Bonchev–Trinajstić information content (AvgIpc) is 2.86. The fourth-order valence-corrected chi connectivity index (χ4v) is 2.21. The van der Waals surface area contributed by atoms with Gasteiger partial charge in [-0.3, -0.25) is 0 Å². The van der Waals surface area contributed by atoms with Crippen molar-refractivity contribution in [2.24, 2.45) is 0 Å². The molecule has 0 spiro atoms. The molecule has 0 radical (unpaired) electrons. The minimum atomic E-state index is 0.642. The second kappa shape index (κ2) is 5.44. The van der Waals surface area contributed by atoms with Crippen molar-refractivity contribution in [1.82, 2.24) is 5.16 Å². The molecule has 0 saturated heterocycles. The maximum Gasteiger partial charge on any atom is 0.175 e. The number of ether oxygens (including phenoxy) is 2. The van der Waals surface area contributed by atoms with E-state index in [1.807, 2.05) is 25.1 Å². The van der Waals surface area contributed by atoms with Crippen LogP contribution in [0.1, 0.15) is 12.7 Å². The molecule has 4 nitrogen and oxygen atoms in total. The van der Waals surface area contributed by atoms with Crippen molar-refractivity contribution in [3.8, 4) is 22.8 Å². The highest BCUT2D eigenvalue weighted by Gasteiger charge is 2.17. The number of hydrogen-bond acceptors (Lipinski definition) is 4. The minimum Gasteiger partial charge on any atom is -0.492 e. The summed E-state index contributed by atoms with van der Waals surface area (Å²) < 4.78 is 16.8. The molecule has 0 amide bonds. The average molecular weight is 312 g/mol. The van der Waals surface area contributed by atoms with Crippen LogP contribution < -0.4 is 9.47 Å². The maximum atomic E-state index is 5.41. The normalized spacial score (nSPS) is 10.4. The third-order valence-electron chi connectivity index (χ3n) is 2.66. The molecule has 96 valence electrons. The van der Waals surface area contributed by atoms with Crippen LogP contribution in [0, 0.1) is 0 Å². The van der Waals surface area contributed by atoms with Gasteiger partial charge in [-0.1, -0.05) is 12.1 Å². The Hall–Kier alpha value is -1.49. The zero-order valence-electron chi connectivity index (χ0n) is 10.5. The number of benzene rings is 1. The summed E-state index contributed by atoms with van der Waals surface area (Å²) in [6.45, 7) is 2.02. The molecule has 1 aromatic heterocycles. The molecular formula is C13H14BrNO3.